The van der Waals surface area contributed by atoms with Gasteiger partial charge in [-0.05, 0) is 6.92 Å². The van der Waals surface area contributed by atoms with E-state index in [0.29, 0.717) is 0 Å². The van der Waals surface area contributed by atoms with E-state index in [2.05, 4.69) is 20.4 Å². The number of aromatic nitrogens is 4. The number of carbonyl (C=O) groups excluding carboxylic acids is 1. The molecule has 94 valence electrons. The van der Waals surface area contributed by atoms with Gasteiger partial charge in [-0.15, -0.1) is 0 Å². The molecule has 7 nitrogen and oxygen atoms in total. The number of rotatable bonds is 5. The molecular weight excluding hydrogens is 232 g/mol. The van der Waals surface area contributed by atoms with E-state index in [0.717, 1.165) is 11.4 Å². The molecule has 2 aromatic rings. The van der Waals surface area contributed by atoms with Crippen LogP contribution < -0.4 is 11.1 Å². The molecule has 0 fully saturated rings. The van der Waals surface area contributed by atoms with E-state index in [-0.39, 0.29) is 12.6 Å². The molecule has 0 aliphatic heterocycles. The predicted molar refractivity (Wildman–Crippen MR) is 65.5 cm³/mol. The minimum Gasteiger partial charge on any atom is -0.374 e. The highest BCUT2D eigenvalue weighted by atomic mass is 16.1. The summed E-state index contributed by atoms with van der Waals surface area (Å²) >= 11 is 0. The number of nitrogens with zero attached hydrogens (tertiary/aromatic N) is 4. The zero-order valence-corrected chi connectivity index (χ0v) is 9.95. The van der Waals surface area contributed by atoms with Crippen LogP contribution in [0.4, 0.5) is 5.69 Å². The minimum absolute atomic E-state index is 0.00456. The van der Waals surface area contributed by atoms with Gasteiger partial charge in [0.1, 0.15) is 6.54 Å². The molecule has 0 spiro atoms. The van der Waals surface area contributed by atoms with Gasteiger partial charge < -0.3 is 11.1 Å². The summed E-state index contributed by atoms with van der Waals surface area (Å²) in [5, 5.41) is 7.23. The van der Waals surface area contributed by atoms with E-state index in [4.69, 9.17) is 5.73 Å². The van der Waals surface area contributed by atoms with E-state index >= 15 is 0 Å². The Morgan fingerprint density at radius 2 is 2.33 bits per heavy atom. The lowest BCUT2D eigenvalue weighted by molar-refractivity contribution is -0.118. The third-order valence-electron chi connectivity index (χ3n) is 2.36. The SMILES string of the molecule is CC(Nc1cnn(CC(N)=O)c1)c1cnccn1. The monoisotopic (exact) mass is 246 g/mol. The normalized spacial score (nSPS) is 12.1. The fourth-order valence-corrected chi connectivity index (χ4v) is 1.54. The quantitative estimate of drug-likeness (QED) is 0.792. The van der Waals surface area contributed by atoms with Crippen molar-refractivity contribution < 1.29 is 4.79 Å². The van der Waals surface area contributed by atoms with Crippen molar-refractivity contribution in [2.45, 2.75) is 19.5 Å². The van der Waals surface area contributed by atoms with E-state index in [1.54, 1.807) is 31.0 Å². The second-order valence-electron chi connectivity index (χ2n) is 3.89. The molecule has 0 radical (unpaired) electrons. The third kappa shape index (κ3) is 3.03. The average Bonchev–Trinajstić information content (AvgIpc) is 2.76. The molecule has 1 unspecified atom stereocenters. The lowest BCUT2D eigenvalue weighted by atomic mass is 10.2. The number of amides is 1. The molecule has 1 atom stereocenters. The van der Waals surface area contributed by atoms with Crippen LogP contribution in [0.5, 0.6) is 0 Å². The number of nitrogens with one attached hydrogen (secondary N) is 1. The standard InChI is InChI=1S/C11H14N6O/c1-8(10-5-13-2-3-14-10)16-9-4-15-17(6-9)7-11(12)18/h2-6,8,16H,7H2,1H3,(H2,12,18). The van der Waals surface area contributed by atoms with Crippen LogP contribution in [0.1, 0.15) is 18.7 Å². The number of hydrogen-bond donors (Lipinski definition) is 2. The molecule has 2 heterocycles. The molecule has 0 aliphatic rings. The van der Waals surface area contributed by atoms with Gasteiger partial charge in [0.2, 0.25) is 5.91 Å². The van der Waals surface area contributed by atoms with Crippen LogP contribution in [0.25, 0.3) is 0 Å². The Kier molecular flexibility index (Phi) is 3.52. The molecule has 18 heavy (non-hydrogen) atoms. The fraction of sp³-hybridized carbons (Fsp3) is 0.273. The Hall–Kier alpha value is -2.44. The number of carbonyl (C=O) groups is 1. The third-order valence-corrected chi connectivity index (χ3v) is 2.36. The van der Waals surface area contributed by atoms with Crippen molar-refractivity contribution in [1.29, 1.82) is 0 Å². The Bertz CT molecular complexity index is 523. The largest absolute Gasteiger partial charge is 0.374 e. The van der Waals surface area contributed by atoms with Gasteiger partial charge in [-0.3, -0.25) is 19.4 Å². The molecule has 0 aromatic carbocycles. The van der Waals surface area contributed by atoms with Crippen LogP contribution in [-0.2, 0) is 11.3 Å². The summed E-state index contributed by atoms with van der Waals surface area (Å²) in [6.45, 7) is 2.04. The maximum absolute atomic E-state index is 10.7. The summed E-state index contributed by atoms with van der Waals surface area (Å²) in [6, 6.07) is 0.00456. The van der Waals surface area contributed by atoms with Gasteiger partial charge in [0, 0.05) is 18.6 Å². The van der Waals surface area contributed by atoms with Gasteiger partial charge in [0.25, 0.3) is 0 Å². The maximum Gasteiger partial charge on any atom is 0.239 e. The first-order valence-corrected chi connectivity index (χ1v) is 5.48. The number of nitrogens with two attached hydrogens (primary N) is 1. The second-order valence-corrected chi connectivity index (χ2v) is 3.89. The highest BCUT2D eigenvalue weighted by Gasteiger charge is 2.08. The van der Waals surface area contributed by atoms with Crippen LogP contribution in [0.15, 0.2) is 31.0 Å². The number of anilines is 1. The molecule has 0 saturated heterocycles. The van der Waals surface area contributed by atoms with Gasteiger partial charge in [-0.2, -0.15) is 5.10 Å². The molecule has 0 bridgehead atoms. The van der Waals surface area contributed by atoms with Gasteiger partial charge in [0.15, 0.2) is 0 Å². The van der Waals surface area contributed by atoms with E-state index in [1.165, 1.54) is 4.68 Å². The van der Waals surface area contributed by atoms with Gasteiger partial charge >= 0.3 is 0 Å². The number of hydrogen-bond acceptors (Lipinski definition) is 5. The lowest BCUT2D eigenvalue weighted by Gasteiger charge is -2.11. The predicted octanol–water partition coefficient (Wildman–Crippen LogP) is 0.331. The average molecular weight is 246 g/mol. The van der Waals surface area contributed by atoms with Crippen LogP contribution in [0.3, 0.4) is 0 Å². The van der Waals surface area contributed by atoms with Gasteiger partial charge in [0.05, 0.1) is 29.8 Å². The Balaban J connectivity index is 2.01. The summed E-state index contributed by atoms with van der Waals surface area (Å²) < 4.78 is 1.48. The fourth-order valence-electron chi connectivity index (χ4n) is 1.54. The molecule has 2 rings (SSSR count). The topological polar surface area (TPSA) is 98.7 Å². The molecule has 0 saturated carbocycles. The zero-order chi connectivity index (χ0) is 13.0. The second kappa shape index (κ2) is 5.26. The van der Waals surface area contributed by atoms with Crippen molar-refractivity contribution >= 4 is 11.6 Å². The van der Waals surface area contributed by atoms with Crippen molar-refractivity contribution in [3.8, 4) is 0 Å². The minimum atomic E-state index is -0.424. The summed E-state index contributed by atoms with van der Waals surface area (Å²) in [5.41, 5.74) is 6.72. The van der Waals surface area contributed by atoms with Crippen molar-refractivity contribution in [2.75, 3.05) is 5.32 Å². The van der Waals surface area contributed by atoms with Crippen molar-refractivity contribution in [2.24, 2.45) is 5.73 Å². The van der Waals surface area contributed by atoms with E-state index in [9.17, 15) is 4.79 Å². The van der Waals surface area contributed by atoms with E-state index in [1.807, 2.05) is 6.92 Å². The first kappa shape index (κ1) is 12.0. The molecule has 2 aromatic heterocycles. The van der Waals surface area contributed by atoms with Crippen LogP contribution in [-0.4, -0.2) is 25.7 Å². The highest BCUT2D eigenvalue weighted by Crippen LogP contribution is 2.15. The van der Waals surface area contributed by atoms with Crippen molar-refractivity contribution in [3.63, 3.8) is 0 Å². The summed E-state index contributed by atoms with van der Waals surface area (Å²) in [4.78, 5) is 19.0. The molecule has 3 N–H and O–H groups in total. The first-order chi connectivity index (χ1) is 8.65. The highest BCUT2D eigenvalue weighted by molar-refractivity contribution is 5.73. The Labute approximate surface area is 104 Å². The van der Waals surface area contributed by atoms with Crippen LogP contribution in [0, 0.1) is 0 Å². The molecule has 1 amide bonds. The maximum atomic E-state index is 10.7. The Morgan fingerprint density at radius 1 is 1.50 bits per heavy atom. The first-order valence-electron chi connectivity index (χ1n) is 5.48. The Morgan fingerprint density at radius 3 is 3.00 bits per heavy atom. The summed E-state index contributed by atoms with van der Waals surface area (Å²) in [6.07, 6.45) is 8.32. The lowest BCUT2D eigenvalue weighted by Crippen LogP contribution is -2.18. The van der Waals surface area contributed by atoms with Crippen molar-refractivity contribution in [3.05, 3.63) is 36.7 Å². The molecular formula is C11H14N6O. The van der Waals surface area contributed by atoms with E-state index < -0.39 is 5.91 Å². The summed E-state index contributed by atoms with van der Waals surface area (Å²) in [5.74, 6) is -0.424. The zero-order valence-electron chi connectivity index (χ0n) is 9.95. The molecule has 0 aliphatic carbocycles. The molecule has 7 heteroatoms. The smallest absolute Gasteiger partial charge is 0.239 e. The summed E-state index contributed by atoms with van der Waals surface area (Å²) in [7, 11) is 0. The number of primary amides is 1. The van der Waals surface area contributed by atoms with Crippen LogP contribution >= 0.6 is 0 Å². The van der Waals surface area contributed by atoms with Crippen LogP contribution in [0.2, 0.25) is 0 Å². The van der Waals surface area contributed by atoms with Gasteiger partial charge in [-0.25, -0.2) is 0 Å². The van der Waals surface area contributed by atoms with Gasteiger partial charge in [-0.1, -0.05) is 0 Å². The van der Waals surface area contributed by atoms with Crippen molar-refractivity contribution in [1.82, 2.24) is 19.7 Å².